The van der Waals surface area contributed by atoms with Gasteiger partial charge in [0.15, 0.2) is 5.66 Å². The molecule has 0 aliphatic heterocycles. The van der Waals surface area contributed by atoms with Gasteiger partial charge in [-0.25, -0.2) is 0 Å². The summed E-state index contributed by atoms with van der Waals surface area (Å²) in [5.74, 6) is -0.901. The van der Waals surface area contributed by atoms with E-state index in [1.165, 1.54) is 12.1 Å². The Morgan fingerprint density at radius 2 is 1.94 bits per heavy atom. The van der Waals surface area contributed by atoms with Crippen molar-refractivity contribution >= 4 is 13.6 Å². The van der Waals surface area contributed by atoms with Gasteiger partial charge in [-0.3, -0.25) is 9.36 Å². The van der Waals surface area contributed by atoms with Gasteiger partial charge in [-0.1, -0.05) is 30.3 Å². The van der Waals surface area contributed by atoms with Gasteiger partial charge in [0, 0.05) is 0 Å². The Hall–Kier alpha value is -1.16. The zero-order chi connectivity index (χ0) is 12.2. The van der Waals surface area contributed by atoms with Gasteiger partial charge in [0.1, 0.15) is 0 Å². The van der Waals surface area contributed by atoms with Crippen LogP contribution >= 0.6 is 7.60 Å². The molecule has 1 atom stereocenters. The number of carbonyl (C=O) groups excluding carboxylic acids is 1. The summed E-state index contributed by atoms with van der Waals surface area (Å²) in [6, 6.07) is 7.89. The molecule has 6 heteroatoms. The number of hydrogen-bond donors (Lipinski definition) is 2. The van der Waals surface area contributed by atoms with Crippen LogP contribution in [0.1, 0.15) is 18.1 Å². The van der Waals surface area contributed by atoms with Crippen molar-refractivity contribution in [3.63, 3.8) is 0 Å². The molecule has 0 saturated carbocycles. The average molecular weight is 244 g/mol. The van der Waals surface area contributed by atoms with E-state index in [0.717, 1.165) is 0 Å². The number of hydrogen-bond acceptors (Lipinski definition) is 3. The quantitative estimate of drug-likeness (QED) is 0.619. The normalized spacial score (nSPS) is 13.2. The van der Waals surface area contributed by atoms with Crippen LogP contribution in [0.25, 0.3) is 0 Å². The molecule has 1 rings (SSSR count). The molecule has 0 fully saturated rings. The molecule has 0 aliphatic carbocycles. The lowest BCUT2D eigenvalue weighted by atomic mass is 10.1. The zero-order valence-electron chi connectivity index (χ0n) is 8.74. The van der Waals surface area contributed by atoms with Crippen LogP contribution in [0, 0.1) is 0 Å². The van der Waals surface area contributed by atoms with Crippen molar-refractivity contribution in [3.8, 4) is 0 Å². The number of carbonyl (C=O) groups is 1. The third kappa shape index (κ3) is 3.17. The van der Waals surface area contributed by atoms with E-state index < -0.39 is 19.2 Å². The summed E-state index contributed by atoms with van der Waals surface area (Å²) < 4.78 is 15.9. The Kier molecular flexibility index (Phi) is 4.24. The van der Waals surface area contributed by atoms with Gasteiger partial charge in [-0.15, -0.1) is 0 Å². The van der Waals surface area contributed by atoms with Gasteiger partial charge < -0.3 is 14.5 Å². The fraction of sp³-hybridized carbons (Fsp3) is 0.300. The smallest absolute Gasteiger partial charge is 0.344 e. The molecule has 1 aromatic carbocycles. The Balaban J connectivity index is 3.07. The maximum atomic E-state index is 11.5. The van der Waals surface area contributed by atoms with Crippen molar-refractivity contribution in [2.45, 2.75) is 12.6 Å². The predicted molar refractivity (Wildman–Crippen MR) is 57.9 cm³/mol. The van der Waals surface area contributed by atoms with Crippen molar-refractivity contribution < 1.29 is 23.9 Å². The van der Waals surface area contributed by atoms with E-state index in [0.29, 0.717) is 0 Å². The van der Waals surface area contributed by atoms with Crippen molar-refractivity contribution in [2.75, 3.05) is 6.61 Å². The summed E-state index contributed by atoms with van der Waals surface area (Å²) >= 11 is 0. The molecule has 0 saturated heterocycles. The largest absolute Gasteiger partial charge is 0.465 e. The van der Waals surface area contributed by atoms with E-state index >= 15 is 0 Å². The number of esters is 1. The average Bonchev–Trinajstić information content (AvgIpc) is 2.17. The van der Waals surface area contributed by atoms with Crippen molar-refractivity contribution in [3.05, 3.63) is 35.9 Å². The fourth-order valence-corrected chi connectivity index (χ4v) is 2.23. The first-order valence-corrected chi connectivity index (χ1v) is 6.41. The van der Waals surface area contributed by atoms with Crippen LogP contribution in [-0.4, -0.2) is 22.4 Å². The Bertz CT molecular complexity index is 397. The van der Waals surface area contributed by atoms with Crippen LogP contribution in [0.5, 0.6) is 0 Å². The lowest BCUT2D eigenvalue weighted by Crippen LogP contribution is -2.16. The molecule has 0 aliphatic rings. The van der Waals surface area contributed by atoms with Crippen molar-refractivity contribution in [1.82, 2.24) is 0 Å². The third-order valence-corrected chi connectivity index (χ3v) is 3.14. The molecule has 0 aromatic heterocycles. The first-order chi connectivity index (χ1) is 7.46. The second-order valence-corrected chi connectivity index (χ2v) is 4.85. The molecule has 0 spiro atoms. The highest BCUT2D eigenvalue weighted by atomic mass is 31.2. The number of rotatable bonds is 4. The third-order valence-electron chi connectivity index (χ3n) is 1.96. The fourth-order valence-electron chi connectivity index (χ4n) is 1.32. The number of ether oxygens (including phenoxy) is 1. The minimum Gasteiger partial charge on any atom is -0.465 e. The van der Waals surface area contributed by atoms with E-state index in [1.54, 1.807) is 25.1 Å². The van der Waals surface area contributed by atoms with Gasteiger partial charge >= 0.3 is 13.6 Å². The van der Waals surface area contributed by atoms with Gasteiger partial charge in [-0.2, -0.15) is 0 Å². The number of benzene rings is 1. The maximum absolute atomic E-state index is 11.5. The SMILES string of the molecule is CCOC(=O)C(c1ccccc1)P(=O)(O)O. The first-order valence-electron chi connectivity index (χ1n) is 4.73. The highest BCUT2D eigenvalue weighted by Crippen LogP contribution is 2.52. The van der Waals surface area contributed by atoms with E-state index in [4.69, 9.17) is 9.79 Å². The van der Waals surface area contributed by atoms with E-state index in [1.807, 2.05) is 0 Å². The Morgan fingerprint density at radius 3 is 2.38 bits per heavy atom. The van der Waals surface area contributed by atoms with Gasteiger partial charge in [0.05, 0.1) is 6.61 Å². The highest BCUT2D eigenvalue weighted by Gasteiger charge is 2.38. The Labute approximate surface area is 93.2 Å². The molecule has 16 heavy (non-hydrogen) atoms. The van der Waals surface area contributed by atoms with E-state index in [2.05, 4.69) is 4.74 Å². The molecular formula is C10H13O5P. The van der Waals surface area contributed by atoms with E-state index in [-0.39, 0.29) is 12.2 Å². The summed E-state index contributed by atoms with van der Waals surface area (Å²) in [6.45, 7) is 1.67. The molecule has 1 unspecified atom stereocenters. The molecule has 0 heterocycles. The monoisotopic (exact) mass is 244 g/mol. The predicted octanol–water partition coefficient (Wildman–Crippen LogP) is 1.47. The molecule has 0 amide bonds. The molecule has 0 radical (unpaired) electrons. The molecule has 2 N–H and O–H groups in total. The summed E-state index contributed by atoms with van der Waals surface area (Å²) in [7, 11) is -4.56. The van der Waals surface area contributed by atoms with Crippen LogP contribution < -0.4 is 0 Å². The van der Waals surface area contributed by atoms with Crippen molar-refractivity contribution in [1.29, 1.82) is 0 Å². The molecule has 5 nitrogen and oxygen atoms in total. The summed E-state index contributed by atoms with van der Waals surface area (Å²) in [5, 5.41) is 0. The molecule has 0 bridgehead atoms. The lowest BCUT2D eigenvalue weighted by Gasteiger charge is -2.16. The van der Waals surface area contributed by atoms with Crippen LogP contribution in [0.2, 0.25) is 0 Å². The zero-order valence-corrected chi connectivity index (χ0v) is 9.63. The summed E-state index contributed by atoms with van der Waals surface area (Å²) in [6.07, 6.45) is 0. The maximum Gasteiger partial charge on any atom is 0.344 e. The van der Waals surface area contributed by atoms with Gasteiger partial charge in [0.25, 0.3) is 0 Å². The van der Waals surface area contributed by atoms with Crippen LogP contribution in [0.15, 0.2) is 30.3 Å². The lowest BCUT2D eigenvalue weighted by molar-refractivity contribution is -0.143. The second kappa shape index (κ2) is 5.25. The minimum absolute atomic E-state index is 0.0855. The molecule has 88 valence electrons. The topological polar surface area (TPSA) is 83.8 Å². The highest BCUT2D eigenvalue weighted by molar-refractivity contribution is 7.53. The van der Waals surface area contributed by atoms with Crippen LogP contribution in [0.3, 0.4) is 0 Å². The summed E-state index contributed by atoms with van der Waals surface area (Å²) in [4.78, 5) is 29.8. The summed E-state index contributed by atoms with van der Waals surface area (Å²) in [5.41, 5.74) is -1.28. The van der Waals surface area contributed by atoms with Crippen LogP contribution in [0.4, 0.5) is 0 Å². The standard InChI is InChI=1S/C10H13O5P/c1-2-15-10(11)9(16(12,13)14)8-6-4-3-5-7-8/h3-7,9H,2H2,1H3,(H2,12,13,14). The van der Waals surface area contributed by atoms with Crippen molar-refractivity contribution in [2.24, 2.45) is 0 Å². The van der Waals surface area contributed by atoms with Crippen LogP contribution in [-0.2, 0) is 14.1 Å². The van der Waals surface area contributed by atoms with Gasteiger partial charge in [-0.05, 0) is 12.5 Å². The Morgan fingerprint density at radius 1 is 1.38 bits per heavy atom. The first kappa shape index (κ1) is 12.9. The minimum atomic E-state index is -4.56. The van der Waals surface area contributed by atoms with Gasteiger partial charge in [0.2, 0.25) is 0 Å². The molecule has 1 aromatic rings. The van der Waals surface area contributed by atoms with E-state index in [9.17, 15) is 9.36 Å². The second-order valence-electron chi connectivity index (χ2n) is 3.15. The molecular weight excluding hydrogens is 231 g/mol.